The van der Waals surface area contributed by atoms with Crippen molar-refractivity contribution in [3.05, 3.63) is 16.1 Å². The Balaban J connectivity index is 2.02. The second-order valence-electron chi connectivity index (χ2n) is 7.87. The number of hydrogen-bond donors (Lipinski definition) is 1. The van der Waals surface area contributed by atoms with Gasteiger partial charge in [-0.15, -0.1) is 11.3 Å². The van der Waals surface area contributed by atoms with E-state index in [9.17, 15) is 9.59 Å². The summed E-state index contributed by atoms with van der Waals surface area (Å²) in [7, 11) is 1.32. The predicted octanol–water partition coefficient (Wildman–Crippen LogP) is 3.51. The van der Waals surface area contributed by atoms with Gasteiger partial charge in [0, 0.05) is 36.6 Å². The van der Waals surface area contributed by atoms with Crippen molar-refractivity contribution in [3.63, 3.8) is 0 Å². The van der Waals surface area contributed by atoms with Crippen LogP contribution in [0.15, 0.2) is 5.38 Å². The van der Waals surface area contributed by atoms with Crippen molar-refractivity contribution in [2.24, 2.45) is 5.92 Å². The molecule has 0 aromatic carbocycles. The minimum Gasteiger partial charge on any atom is -0.453 e. The Bertz CT molecular complexity index is 658. The van der Waals surface area contributed by atoms with Crippen molar-refractivity contribution in [2.75, 3.05) is 33.4 Å². The fourth-order valence-corrected chi connectivity index (χ4v) is 4.01. The molecule has 1 aromatic heterocycles. The molecule has 2 rings (SSSR count). The molecule has 2 atom stereocenters. The third-order valence-electron chi connectivity index (χ3n) is 4.27. The molecule has 1 fully saturated rings. The van der Waals surface area contributed by atoms with Crippen LogP contribution in [-0.2, 0) is 14.2 Å². The first-order valence-electron chi connectivity index (χ1n) is 9.53. The Morgan fingerprint density at radius 1 is 1.43 bits per heavy atom. The van der Waals surface area contributed by atoms with E-state index in [0.29, 0.717) is 26.2 Å². The second kappa shape index (κ2) is 10.1. The molecule has 0 radical (unpaired) electrons. The topological polar surface area (TPSA) is 90.0 Å². The molecule has 28 heavy (non-hydrogen) atoms. The number of piperidine rings is 1. The molecule has 2 amide bonds. The van der Waals surface area contributed by atoms with Gasteiger partial charge in [-0.1, -0.05) is 0 Å². The number of thiazole rings is 1. The maximum atomic E-state index is 12.5. The van der Waals surface area contributed by atoms with Crippen LogP contribution in [0, 0.1) is 12.8 Å². The lowest BCUT2D eigenvalue weighted by Crippen LogP contribution is -2.44. The van der Waals surface area contributed by atoms with Crippen LogP contribution in [0.5, 0.6) is 0 Å². The van der Waals surface area contributed by atoms with E-state index in [1.165, 1.54) is 7.11 Å². The number of ether oxygens (including phenoxy) is 3. The normalized spacial score (nSPS) is 18.5. The lowest BCUT2D eigenvalue weighted by atomic mass is 9.92. The predicted molar refractivity (Wildman–Crippen MR) is 106 cm³/mol. The van der Waals surface area contributed by atoms with E-state index in [1.54, 1.807) is 16.2 Å². The van der Waals surface area contributed by atoms with Crippen LogP contribution in [0.2, 0.25) is 0 Å². The molecule has 1 aliphatic heterocycles. The van der Waals surface area contributed by atoms with Crippen molar-refractivity contribution in [2.45, 2.75) is 52.2 Å². The molecule has 2 heterocycles. The van der Waals surface area contributed by atoms with Crippen LogP contribution in [0.25, 0.3) is 0 Å². The van der Waals surface area contributed by atoms with Gasteiger partial charge < -0.3 is 24.4 Å². The summed E-state index contributed by atoms with van der Waals surface area (Å²) in [5.74, 6) is 0.116. The summed E-state index contributed by atoms with van der Waals surface area (Å²) in [5.41, 5.74) is 0.424. The summed E-state index contributed by atoms with van der Waals surface area (Å²) >= 11 is 1.56. The molecule has 0 spiro atoms. The Kier molecular flexibility index (Phi) is 8.06. The van der Waals surface area contributed by atoms with Crippen LogP contribution >= 0.6 is 11.3 Å². The molecular formula is C19H31N3O5S. The molecular weight excluding hydrogens is 382 g/mol. The molecule has 1 aliphatic rings. The number of alkyl carbamates (subject to hydrolysis) is 1. The van der Waals surface area contributed by atoms with E-state index in [0.717, 1.165) is 23.5 Å². The van der Waals surface area contributed by atoms with Gasteiger partial charge in [0.15, 0.2) is 0 Å². The number of aromatic nitrogens is 1. The summed E-state index contributed by atoms with van der Waals surface area (Å²) in [5, 5.41) is 5.50. The van der Waals surface area contributed by atoms with Gasteiger partial charge in [-0.05, 0) is 40.5 Å². The zero-order valence-electron chi connectivity index (χ0n) is 17.3. The zero-order valence-corrected chi connectivity index (χ0v) is 18.1. The van der Waals surface area contributed by atoms with Crippen molar-refractivity contribution < 1.29 is 23.8 Å². The van der Waals surface area contributed by atoms with Crippen LogP contribution in [-0.4, -0.2) is 61.0 Å². The van der Waals surface area contributed by atoms with Gasteiger partial charge in [0.05, 0.1) is 13.7 Å². The average Bonchev–Trinajstić information content (AvgIpc) is 3.06. The van der Waals surface area contributed by atoms with Crippen molar-refractivity contribution >= 4 is 23.5 Å². The van der Waals surface area contributed by atoms with E-state index < -0.39 is 11.7 Å². The number of amides is 2. The van der Waals surface area contributed by atoms with Crippen molar-refractivity contribution in [1.29, 1.82) is 0 Å². The van der Waals surface area contributed by atoms with Crippen molar-refractivity contribution in [3.8, 4) is 0 Å². The standard InChI is InChI=1S/C19H31N3O5S/c1-13-12-28-16(21-13)15(26-10-8-20-17(23)25-5)14-7-6-9-22(11-14)18(24)27-19(2,3)4/h12,14-15H,6-11H2,1-5H3,(H,20,23)/t14-,15?/m1/s1. The van der Waals surface area contributed by atoms with E-state index in [4.69, 9.17) is 9.47 Å². The molecule has 1 N–H and O–H groups in total. The van der Waals surface area contributed by atoms with Crippen LogP contribution in [0.4, 0.5) is 9.59 Å². The molecule has 1 unspecified atom stereocenters. The lowest BCUT2D eigenvalue weighted by molar-refractivity contribution is -0.0246. The summed E-state index contributed by atoms with van der Waals surface area (Å²) in [6.07, 6.45) is 0.808. The number of carbonyl (C=O) groups is 2. The molecule has 0 aliphatic carbocycles. The number of methoxy groups -OCH3 is 1. The SMILES string of the molecule is COC(=O)NCCOC(c1nc(C)cs1)[C@@H]1CCCN(C(=O)OC(C)(C)C)C1. The van der Waals surface area contributed by atoms with Gasteiger partial charge in [-0.2, -0.15) is 0 Å². The number of nitrogens with one attached hydrogen (secondary N) is 1. The maximum Gasteiger partial charge on any atom is 0.410 e. The highest BCUT2D eigenvalue weighted by molar-refractivity contribution is 7.09. The molecule has 0 bridgehead atoms. The van der Waals surface area contributed by atoms with Gasteiger partial charge in [0.25, 0.3) is 0 Å². The van der Waals surface area contributed by atoms with Gasteiger partial charge in [-0.3, -0.25) is 0 Å². The average molecular weight is 414 g/mol. The largest absolute Gasteiger partial charge is 0.453 e. The van der Waals surface area contributed by atoms with Gasteiger partial charge >= 0.3 is 12.2 Å². The number of aryl methyl sites for hydroxylation is 1. The number of likely N-dealkylation sites (tertiary alicyclic amines) is 1. The highest BCUT2D eigenvalue weighted by atomic mass is 32.1. The molecule has 158 valence electrons. The number of nitrogens with zero attached hydrogens (tertiary/aromatic N) is 2. The number of rotatable bonds is 6. The third-order valence-corrected chi connectivity index (χ3v) is 5.30. The van der Waals surface area contributed by atoms with Gasteiger partial charge in [0.2, 0.25) is 0 Å². The zero-order chi connectivity index (χ0) is 20.7. The molecule has 1 aromatic rings. The molecule has 8 nitrogen and oxygen atoms in total. The fourth-order valence-electron chi connectivity index (χ4n) is 3.07. The van der Waals surface area contributed by atoms with E-state index in [2.05, 4.69) is 15.0 Å². The monoisotopic (exact) mass is 413 g/mol. The molecule has 9 heteroatoms. The molecule has 0 saturated carbocycles. The first-order chi connectivity index (χ1) is 13.2. The smallest absolute Gasteiger partial charge is 0.410 e. The maximum absolute atomic E-state index is 12.5. The van der Waals surface area contributed by atoms with Crippen molar-refractivity contribution in [1.82, 2.24) is 15.2 Å². The first-order valence-corrected chi connectivity index (χ1v) is 10.4. The highest BCUT2D eigenvalue weighted by Gasteiger charge is 2.34. The van der Waals surface area contributed by atoms with E-state index >= 15 is 0 Å². The van der Waals surface area contributed by atoms with Gasteiger partial charge in [-0.25, -0.2) is 14.6 Å². The number of hydrogen-bond acceptors (Lipinski definition) is 7. The summed E-state index contributed by atoms with van der Waals surface area (Å²) in [6.45, 7) is 9.46. The molecule has 1 saturated heterocycles. The summed E-state index contributed by atoms with van der Waals surface area (Å²) < 4.78 is 16.2. The fraction of sp³-hybridized carbons (Fsp3) is 0.737. The lowest BCUT2D eigenvalue weighted by Gasteiger charge is -2.36. The minimum atomic E-state index is -0.522. The van der Waals surface area contributed by atoms with Gasteiger partial charge in [0.1, 0.15) is 16.7 Å². The Morgan fingerprint density at radius 3 is 2.79 bits per heavy atom. The highest BCUT2D eigenvalue weighted by Crippen LogP contribution is 2.34. The van der Waals surface area contributed by atoms with Crippen LogP contribution < -0.4 is 5.32 Å². The van der Waals surface area contributed by atoms with Crippen LogP contribution in [0.1, 0.15) is 50.4 Å². The Labute approximate surface area is 170 Å². The Hall–Kier alpha value is -1.87. The Morgan fingerprint density at radius 2 is 2.18 bits per heavy atom. The first kappa shape index (κ1) is 22.4. The van der Waals surface area contributed by atoms with Crippen LogP contribution in [0.3, 0.4) is 0 Å². The summed E-state index contributed by atoms with van der Waals surface area (Å²) in [4.78, 5) is 30.0. The summed E-state index contributed by atoms with van der Waals surface area (Å²) in [6, 6.07) is 0. The second-order valence-corrected chi connectivity index (χ2v) is 8.76. The number of carbonyl (C=O) groups excluding carboxylic acids is 2. The van der Waals surface area contributed by atoms with E-state index in [1.807, 2.05) is 33.1 Å². The third kappa shape index (κ3) is 6.94. The quantitative estimate of drug-likeness (QED) is 0.718. The van der Waals surface area contributed by atoms with E-state index in [-0.39, 0.29) is 18.1 Å². The minimum absolute atomic E-state index is 0.116.